The highest BCUT2D eigenvalue weighted by atomic mass is 16.5. The van der Waals surface area contributed by atoms with Crippen molar-refractivity contribution in [1.29, 1.82) is 0 Å². The van der Waals surface area contributed by atoms with Gasteiger partial charge in [0, 0.05) is 57.3 Å². The number of aliphatic hydroxyl groups is 1. The minimum absolute atomic E-state index is 0.121. The van der Waals surface area contributed by atoms with Crippen molar-refractivity contribution in [3.8, 4) is 5.75 Å². The molecule has 1 aromatic carbocycles. The third-order valence-corrected chi connectivity index (χ3v) is 8.80. The lowest BCUT2D eigenvalue weighted by Gasteiger charge is -2.38. The second-order valence-corrected chi connectivity index (χ2v) is 11.8. The van der Waals surface area contributed by atoms with Gasteiger partial charge in [-0.1, -0.05) is 6.07 Å². The summed E-state index contributed by atoms with van der Waals surface area (Å²) in [6.45, 7) is 5.96. The lowest BCUT2D eigenvalue weighted by atomic mass is 9.97. The molecule has 6 rings (SSSR count). The van der Waals surface area contributed by atoms with Crippen LogP contribution in [0.2, 0.25) is 0 Å². The zero-order valence-electron chi connectivity index (χ0n) is 24.7. The van der Waals surface area contributed by atoms with E-state index < -0.39 is 6.10 Å². The molecule has 0 aliphatic carbocycles. The summed E-state index contributed by atoms with van der Waals surface area (Å²) < 4.78 is 11.2. The Morgan fingerprint density at radius 3 is 2.70 bits per heavy atom. The molecule has 4 atom stereocenters. The van der Waals surface area contributed by atoms with Crippen LogP contribution in [0.3, 0.4) is 0 Å². The first-order chi connectivity index (χ1) is 20.8. The fourth-order valence-corrected chi connectivity index (χ4v) is 6.69. The van der Waals surface area contributed by atoms with E-state index >= 15 is 0 Å². The Balaban J connectivity index is 0.953. The summed E-state index contributed by atoms with van der Waals surface area (Å²) in [6.07, 6.45) is 6.73. The zero-order valence-corrected chi connectivity index (χ0v) is 24.7. The molecule has 2 fully saturated rings. The highest BCUT2D eigenvalue weighted by Crippen LogP contribution is 2.36. The van der Waals surface area contributed by atoms with Crippen molar-refractivity contribution < 1.29 is 23.8 Å². The standard InChI is InChI=1S/C31H39N7O5/c1-19-29(43-18-35-19)16-42-27-6-3-22-14-37(8-7-21(22)9-27)15-26(40)13-32-31(41)28-12-30(34-17-33-28)36-23-10-24-4-5-25(11-23)38(24)20(2)39/h3,6,9,12,17-18,23-26,40H,4-5,7-8,10-11,13-16H2,1-2H3,(H,32,41)(H,33,34,36)/t23-,24-,25+,26-/m0/s1. The summed E-state index contributed by atoms with van der Waals surface area (Å²) in [7, 11) is 0. The van der Waals surface area contributed by atoms with E-state index in [2.05, 4.69) is 42.6 Å². The Morgan fingerprint density at radius 2 is 1.95 bits per heavy atom. The van der Waals surface area contributed by atoms with Gasteiger partial charge in [0.15, 0.2) is 12.2 Å². The van der Waals surface area contributed by atoms with Gasteiger partial charge in [-0.05, 0) is 62.3 Å². The van der Waals surface area contributed by atoms with E-state index in [4.69, 9.17) is 9.15 Å². The molecule has 0 unspecified atom stereocenters. The molecule has 2 amide bonds. The van der Waals surface area contributed by atoms with Crippen LogP contribution >= 0.6 is 0 Å². The minimum atomic E-state index is -0.723. The number of aliphatic hydroxyl groups excluding tert-OH is 1. The van der Waals surface area contributed by atoms with Gasteiger partial charge in [0.1, 0.15) is 30.2 Å². The van der Waals surface area contributed by atoms with Crippen molar-refractivity contribution in [2.75, 3.05) is 25.0 Å². The van der Waals surface area contributed by atoms with Crippen molar-refractivity contribution in [2.45, 2.75) is 83.3 Å². The number of rotatable bonds is 10. The normalized spacial score (nSPS) is 22.1. The zero-order chi connectivity index (χ0) is 29.9. The molecule has 0 spiro atoms. The summed E-state index contributed by atoms with van der Waals surface area (Å²) >= 11 is 0. The van der Waals surface area contributed by atoms with Crippen molar-refractivity contribution in [3.05, 3.63) is 65.3 Å². The third-order valence-electron chi connectivity index (χ3n) is 8.80. The molecule has 3 aliphatic rings. The van der Waals surface area contributed by atoms with Crippen molar-refractivity contribution in [2.24, 2.45) is 0 Å². The molecule has 0 radical (unpaired) electrons. The van der Waals surface area contributed by atoms with E-state index in [1.807, 2.05) is 17.9 Å². The summed E-state index contributed by atoms with van der Waals surface area (Å²) in [6, 6.07) is 8.45. The average molecular weight is 590 g/mol. The number of carbonyl (C=O) groups is 2. The van der Waals surface area contributed by atoms with Crippen LogP contribution < -0.4 is 15.4 Å². The number of ether oxygens (including phenoxy) is 1. The van der Waals surface area contributed by atoms with E-state index in [1.165, 1.54) is 23.8 Å². The van der Waals surface area contributed by atoms with Crippen LogP contribution in [0.5, 0.6) is 5.75 Å². The minimum Gasteiger partial charge on any atom is -0.486 e. The Labute approximate surface area is 250 Å². The number of piperidine rings is 1. The number of nitrogens with zero attached hydrogens (tertiary/aromatic N) is 5. The van der Waals surface area contributed by atoms with Gasteiger partial charge in [0.25, 0.3) is 5.91 Å². The van der Waals surface area contributed by atoms with Gasteiger partial charge in [-0.3, -0.25) is 14.5 Å². The lowest BCUT2D eigenvalue weighted by molar-refractivity contribution is -0.133. The van der Waals surface area contributed by atoms with E-state index in [0.29, 0.717) is 19.0 Å². The van der Waals surface area contributed by atoms with Gasteiger partial charge >= 0.3 is 0 Å². The number of β-amino-alcohol motifs (C(OH)–C–C–N with tert-alkyl or cyclic N) is 1. The fourth-order valence-electron chi connectivity index (χ4n) is 6.69. The Bertz CT molecular complexity index is 1450. The van der Waals surface area contributed by atoms with Crippen LogP contribution in [-0.4, -0.2) is 85.5 Å². The molecular formula is C31H39N7O5. The third kappa shape index (κ3) is 6.80. The molecular weight excluding hydrogens is 550 g/mol. The van der Waals surface area contributed by atoms with Crippen molar-refractivity contribution in [1.82, 2.24) is 30.1 Å². The van der Waals surface area contributed by atoms with Crippen LogP contribution in [0, 0.1) is 6.92 Å². The first kappa shape index (κ1) is 29.1. The number of benzene rings is 1. The first-order valence-corrected chi connectivity index (χ1v) is 15.0. The maximum Gasteiger partial charge on any atom is 0.270 e. The number of anilines is 1. The average Bonchev–Trinajstić information content (AvgIpc) is 3.54. The molecule has 5 heterocycles. The summed E-state index contributed by atoms with van der Waals surface area (Å²) in [5.74, 6) is 1.90. The van der Waals surface area contributed by atoms with Crippen LogP contribution in [0.25, 0.3) is 0 Å². The van der Waals surface area contributed by atoms with E-state index in [-0.39, 0.29) is 42.2 Å². The number of oxazole rings is 1. The summed E-state index contributed by atoms with van der Waals surface area (Å²) in [5.41, 5.74) is 3.51. The van der Waals surface area contributed by atoms with Crippen LogP contribution in [-0.2, 0) is 24.4 Å². The van der Waals surface area contributed by atoms with Crippen molar-refractivity contribution in [3.63, 3.8) is 0 Å². The highest BCUT2D eigenvalue weighted by Gasteiger charge is 2.42. The highest BCUT2D eigenvalue weighted by molar-refractivity contribution is 5.92. The van der Waals surface area contributed by atoms with E-state index in [0.717, 1.165) is 62.4 Å². The molecule has 2 saturated heterocycles. The van der Waals surface area contributed by atoms with E-state index in [1.54, 1.807) is 13.0 Å². The quantitative estimate of drug-likeness (QED) is 0.322. The smallest absolute Gasteiger partial charge is 0.270 e. The molecule has 3 aliphatic heterocycles. The number of nitrogens with one attached hydrogen (secondary N) is 2. The predicted molar refractivity (Wildman–Crippen MR) is 157 cm³/mol. The van der Waals surface area contributed by atoms with Gasteiger partial charge in [0.05, 0.1) is 11.8 Å². The fraction of sp³-hybridized carbons (Fsp3) is 0.516. The molecule has 12 nitrogen and oxygen atoms in total. The SMILES string of the molecule is CC(=O)N1[C@@H]2CC[C@H]1C[C@H](Nc1cc(C(=O)NC[C@H](O)CN3CCc4cc(OCc5ocnc5C)ccc4C3)ncn1)C2. The number of fused-ring (bicyclic) bond motifs is 3. The largest absolute Gasteiger partial charge is 0.486 e. The van der Waals surface area contributed by atoms with Gasteiger partial charge in [-0.25, -0.2) is 15.0 Å². The van der Waals surface area contributed by atoms with Gasteiger partial charge in [-0.15, -0.1) is 0 Å². The second-order valence-electron chi connectivity index (χ2n) is 11.8. The molecule has 2 aromatic heterocycles. The Kier molecular flexibility index (Phi) is 8.57. The molecule has 12 heteroatoms. The topological polar surface area (TPSA) is 146 Å². The molecule has 228 valence electrons. The molecule has 43 heavy (non-hydrogen) atoms. The second kappa shape index (κ2) is 12.7. The Hall–Kier alpha value is -4.03. The number of carbonyl (C=O) groups excluding carboxylic acids is 2. The molecule has 3 aromatic rings. The number of hydrogen-bond donors (Lipinski definition) is 3. The monoisotopic (exact) mass is 589 g/mol. The first-order valence-electron chi connectivity index (χ1n) is 15.0. The maximum absolute atomic E-state index is 12.8. The molecule has 0 saturated carbocycles. The van der Waals surface area contributed by atoms with E-state index in [9.17, 15) is 14.7 Å². The number of amides is 2. The van der Waals surface area contributed by atoms with Crippen LogP contribution in [0.1, 0.15) is 65.7 Å². The van der Waals surface area contributed by atoms with Gasteiger partial charge in [-0.2, -0.15) is 0 Å². The Morgan fingerprint density at radius 1 is 1.14 bits per heavy atom. The summed E-state index contributed by atoms with van der Waals surface area (Å²) in [4.78, 5) is 41.6. The van der Waals surface area contributed by atoms with Crippen LogP contribution in [0.4, 0.5) is 5.82 Å². The predicted octanol–water partition coefficient (Wildman–Crippen LogP) is 2.45. The van der Waals surface area contributed by atoms with Gasteiger partial charge in [0.2, 0.25) is 5.91 Å². The summed E-state index contributed by atoms with van der Waals surface area (Å²) in [5, 5.41) is 16.9. The number of hydrogen-bond acceptors (Lipinski definition) is 10. The lowest BCUT2D eigenvalue weighted by Crippen LogP contribution is -2.49. The number of aromatic nitrogens is 3. The van der Waals surface area contributed by atoms with Gasteiger partial charge < -0.3 is 29.8 Å². The number of aryl methyl sites for hydroxylation is 1. The van der Waals surface area contributed by atoms with Crippen LogP contribution in [0.15, 0.2) is 41.4 Å². The molecule has 3 N–H and O–H groups in total. The molecule has 2 bridgehead atoms. The maximum atomic E-state index is 12.8. The van der Waals surface area contributed by atoms with Crippen molar-refractivity contribution >= 4 is 17.6 Å².